The molecular weight excluding hydrogens is 369 g/mol. The van der Waals surface area contributed by atoms with Crippen LogP contribution in [0.5, 0.6) is 0 Å². The van der Waals surface area contributed by atoms with E-state index in [9.17, 15) is 30.7 Å². The molecular formula is C17H13F7S. The van der Waals surface area contributed by atoms with E-state index >= 15 is 0 Å². The summed E-state index contributed by atoms with van der Waals surface area (Å²) in [7, 11) is 0. The highest BCUT2D eigenvalue weighted by Crippen LogP contribution is 2.63. The standard InChI is InChI=1S/C17H13F7S/c1-8-3-5-10(6-4-8)12-7-11(9(2)25-12)13-14(18)16(21,22)17(23,24)15(13,19)20/h3,5,7H,4,6H2,1-2H3. The number of hydrogen-bond acceptors (Lipinski definition) is 1. The Balaban J connectivity index is 2.13. The Morgan fingerprint density at radius 2 is 1.56 bits per heavy atom. The molecule has 0 atom stereocenters. The van der Waals surface area contributed by atoms with Crippen molar-refractivity contribution in [3.05, 3.63) is 44.9 Å². The second-order valence-corrected chi connectivity index (χ2v) is 7.45. The van der Waals surface area contributed by atoms with E-state index in [1.54, 1.807) is 6.08 Å². The number of allylic oxidation sites excluding steroid dienone is 6. The van der Waals surface area contributed by atoms with Gasteiger partial charge in [-0.05, 0) is 38.3 Å². The van der Waals surface area contributed by atoms with Crippen molar-refractivity contribution < 1.29 is 30.7 Å². The predicted molar refractivity (Wildman–Crippen MR) is 82.9 cm³/mol. The van der Waals surface area contributed by atoms with Gasteiger partial charge >= 0.3 is 17.8 Å². The van der Waals surface area contributed by atoms with Gasteiger partial charge in [0.15, 0.2) is 5.83 Å². The average molecular weight is 382 g/mol. The van der Waals surface area contributed by atoms with Crippen LogP contribution in [0.15, 0.2) is 29.6 Å². The molecule has 3 rings (SSSR count). The molecule has 0 fully saturated rings. The highest BCUT2D eigenvalue weighted by molar-refractivity contribution is 7.13. The SMILES string of the molecule is CC1=CC=C(c2cc(C3=C(F)C(F)(F)C(F)(F)C3(F)F)c(C)s2)CC1. The van der Waals surface area contributed by atoms with Crippen molar-refractivity contribution in [3.63, 3.8) is 0 Å². The smallest absolute Gasteiger partial charge is 0.204 e. The first-order chi connectivity index (χ1) is 11.4. The fraction of sp³-hybridized carbons (Fsp3) is 0.412. The fourth-order valence-corrected chi connectivity index (χ4v) is 3.99. The number of halogens is 7. The molecule has 0 unspecified atom stereocenters. The molecule has 8 heteroatoms. The molecule has 1 aromatic heterocycles. The number of aryl methyl sites for hydroxylation is 1. The van der Waals surface area contributed by atoms with Crippen LogP contribution in [0.2, 0.25) is 0 Å². The quantitative estimate of drug-likeness (QED) is 0.495. The van der Waals surface area contributed by atoms with E-state index in [1.165, 1.54) is 6.92 Å². The van der Waals surface area contributed by atoms with E-state index < -0.39 is 34.7 Å². The van der Waals surface area contributed by atoms with Crippen molar-refractivity contribution in [1.82, 2.24) is 0 Å². The van der Waals surface area contributed by atoms with Crippen LogP contribution in [0.3, 0.4) is 0 Å². The molecule has 0 aliphatic heterocycles. The Labute approximate surface area is 143 Å². The minimum Gasteiger partial charge on any atom is -0.204 e. The van der Waals surface area contributed by atoms with Crippen molar-refractivity contribution >= 4 is 22.5 Å². The maximum Gasteiger partial charge on any atom is 0.383 e. The lowest BCUT2D eigenvalue weighted by atomic mass is 9.96. The molecule has 2 aliphatic carbocycles. The second kappa shape index (κ2) is 5.46. The number of hydrogen-bond donors (Lipinski definition) is 0. The minimum absolute atomic E-state index is 0.0838. The normalized spacial score (nSPS) is 24.4. The summed E-state index contributed by atoms with van der Waals surface area (Å²) in [6, 6.07) is 1.10. The summed E-state index contributed by atoms with van der Waals surface area (Å²) >= 11 is 0.991. The first kappa shape index (κ1) is 18.2. The van der Waals surface area contributed by atoms with Gasteiger partial charge in [-0.15, -0.1) is 11.3 Å². The third-order valence-electron chi connectivity index (χ3n) is 4.46. The van der Waals surface area contributed by atoms with Crippen LogP contribution in [-0.4, -0.2) is 17.8 Å². The van der Waals surface area contributed by atoms with Crippen molar-refractivity contribution in [2.75, 3.05) is 0 Å². The van der Waals surface area contributed by atoms with E-state index in [0.29, 0.717) is 11.3 Å². The molecule has 0 aromatic carbocycles. The van der Waals surface area contributed by atoms with E-state index in [0.717, 1.165) is 35.0 Å². The Bertz CT molecular complexity index is 824. The van der Waals surface area contributed by atoms with E-state index in [-0.39, 0.29) is 4.88 Å². The molecule has 0 bridgehead atoms. The van der Waals surface area contributed by atoms with Crippen LogP contribution in [0.1, 0.15) is 35.1 Å². The van der Waals surface area contributed by atoms with Gasteiger partial charge in [-0.3, -0.25) is 0 Å². The zero-order valence-electron chi connectivity index (χ0n) is 13.2. The summed E-state index contributed by atoms with van der Waals surface area (Å²) in [5.74, 6) is -19.4. The van der Waals surface area contributed by atoms with E-state index in [2.05, 4.69) is 0 Å². The Kier molecular flexibility index (Phi) is 3.98. The van der Waals surface area contributed by atoms with Crippen LogP contribution < -0.4 is 0 Å². The first-order valence-electron chi connectivity index (χ1n) is 7.43. The summed E-state index contributed by atoms with van der Waals surface area (Å²) in [5.41, 5.74) is -0.615. The van der Waals surface area contributed by atoms with Crippen LogP contribution in [0.4, 0.5) is 30.7 Å². The Morgan fingerprint density at radius 3 is 2.04 bits per heavy atom. The predicted octanol–water partition coefficient (Wildman–Crippen LogP) is 6.78. The first-order valence-corrected chi connectivity index (χ1v) is 8.24. The van der Waals surface area contributed by atoms with Crippen molar-refractivity contribution in [2.45, 2.75) is 44.5 Å². The van der Waals surface area contributed by atoms with Gasteiger partial charge in [0.1, 0.15) is 0 Å². The number of alkyl halides is 6. The lowest BCUT2D eigenvalue weighted by Gasteiger charge is -2.24. The van der Waals surface area contributed by atoms with Crippen LogP contribution in [0, 0.1) is 6.92 Å². The molecule has 0 radical (unpaired) electrons. The van der Waals surface area contributed by atoms with Crippen molar-refractivity contribution in [3.8, 4) is 0 Å². The molecule has 2 aliphatic rings. The lowest BCUT2D eigenvalue weighted by Crippen LogP contribution is -2.48. The molecule has 0 N–H and O–H groups in total. The molecule has 0 amide bonds. The average Bonchev–Trinajstić information content (AvgIpc) is 2.92. The lowest BCUT2D eigenvalue weighted by molar-refractivity contribution is -0.263. The van der Waals surface area contributed by atoms with E-state index in [4.69, 9.17) is 0 Å². The highest BCUT2D eigenvalue weighted by atomic mass is 32.1. The van der Waals surface area contributed by atoms with Gasteiger partial charge in [0, 0.05) is 15.3 Å². The molecule has 136 valence electrons. The molecule has 0 saturated heterocycles. The largest absolute Gasteiger partial charge is 0.383 e. The zero-order chi connectivity index (χ0) is 18.8. The second-order valence-electron chi connectivity index (χ2n) is 6.20. The van der Waals surface area contributed by atoms with Gasteiger partial charge in [-0.25, -0.2) is 4.39 Å². The summed E-state index contributed by atoms with van der Waals surface area (Å²) < 4.78 is 95.4. The van der Waals surface area contributed by atoms with Crippen molar-refractivity contribution in [1.29, 1.82) is 0 Å². The Morgan fingerprint density at radius 1 is 0.920 bits per heavy atom. The van der Waals surface area contributed by atoms with Gasteiger partial charge in [-0.1, -0.05) is 17.7 Å². The summed E-state index contributed by atoms with van der Waals surface area (Å²) in [4.78, 5) is 0.561. The zero-order valence-corrected chi connectivity index (χ0v) is 14.0. The number of rotatable bonds is 2. The maximum atomic E-state index is 14.0. The van der Waals surface area contributed by atoms with Gasteiger partial charge in [-0.2, -0.15) is 26.3 Å². The molecule has 0 saturated carbocycles. The third kappa shape index (κ3) is 2.40. The summed E-state index contributed by atoms with van der Waals surface area (Å²) in [6.45, 7) is 3.24. The van der Waals surface area contributed by atoms with Crippen LogP contribution in [0.25, 0.3) is 11.1 Å². The topological polar surface area (TPSA) is 0 Å². The van der Waals surface area contributed by atoms with Gasteiger partial charge in [0.25, 0.3) is 0 Å². The molecule has 25 heavy (non-hydrogen) atoms. The number of thiophene rings is 1. The van der Waals surface area contributed by atoms with Crippen LogP contribution >= 0.6 is 11.3 Å². The third-order valence-corrected chi connectivity index (χ3v) is 5.59. The van der Waals surface area contributed by atoms with Gasteiger partial charge in [0.05, 0.1) is 5.57 Å². The molecule has 0 spiro atoms. The summed E-state index contributed by atoms with van der Waals surface area (Å²) in [5, 5.41) is 0. The van der Waals surface area contributed by atoms with Gasteiger partial charge in [0.2, 0.25) is 0 Å². The molecule has 1 heterocycles. The van der Waals surface area contributed by atoms with Crippen LogP contribution in [-0.2, 0) is 0 Å². The minimum atomic E-state index is -5.81. The maximum absolute atomic E-state index is 14.0. The molecule has 0 nitrogen and oxygen atoms in total. The van der Waals surface area contributed by atoms with Gasteiger partial charge < -0.3 is 0 Å². The highest BCUT2D eigenvalue weighted by Gasteiger charge is 2.81. The van der Waals surface area contributed by atoms with E-state index in [1.807, 2.05) is 13.0 Å². The monoisotopic (exact) mass is 382 g/mol. The Hall–Kier alpha value is -1.57. The fourth-order valence-electron chi connectivity index (χ4n) is 2.91. The van der Waals surface area contributed by atoms with Crippen molar-refractivity contribution in [2.24, 2.45) is 0 Å². The molecule has 1 aromatic rings. The summed E-state index contributed by atoms with van der Waals surface area (Å²) in [6.07, 6.45) is 4.93.